The number of nitrogens with zero attached hydrogens (tertiary/aromatic N) is 1. The predicted molar refractivity (Wildman–Crippen MR) is 114 cm³/mol. The van der Waals surface area contributed by atoms with Crippen molar-refractivity contribution in [1.82, 2.24) is 5.43 Å². The van der Waals surface area contributed by atoms with Gasteiger partial charge in [-0.3, -0.25) is 4.79 Å². The summed E-state index contributed by atoms with van der Waals surface area (Å²) >= 11 is 1.57. The minimum atomic E-state index is -0.173. The van der Waals surface area contributed by atoms with E-state index in [-0.39, 0.29) is 16.7 Å². The average molecular weight is 387 g/mol. The zero-order valence-corrected chi connectivity index (χ0v) is 17.9. The molecule has 2 aromatic rings. The van der Waals surface area contributed by atoms with Crippen LogP contribution in [0.4, 0.5) is 0 Å². The third kappa shape index (κ3) is 5.93. The number of carbonyl (C=O) groups excluding carboxylic acids is 1. The lowest BCUT2D eigenvalue weighted by molar-refractivity contribution is -0.121. The zero-order chi connectivity index (χ0) is 20.2. The number of phenolic OH excluding ortho intramolecular Hbond substituents is 1. The van der Waals surface area contributed by atoms with E-state index in [1.165, 1.54) is 0 Å². The lowest BCUT2D eigenvalue weighted by atomic mass is 9.78. The third-order valence-electron chi connectivity index (χ3n) is 4.35. The van der Waals surface area contributed by atoms with Crippen LogP contribution in [0.15, 0.2) is 34.7 Å². The van der Waals surface area contributed by atoms with Crippen molar-refractivity contribution in [3.63, 3.8) is 0 Å². The number of hydrogen-bond donors (Lipinski definition) is 2. The van der Waals surface area contributed by atoms with Crippen LogP contribution in [0.5, 0.6) is 5.75 Å². The van der Waals surface area contributed by atoms with Gasteiger partial charge in [-0.2, -0.15) is 5.10 Å². The summed E-state index contributed by atoms with van der Waals surface area (Å²) in [7, 11) is 0. The van der Waals surface area contributed by atoms with Crippen molar-refractivity contribution in [2.75, 3.05) is 0 Å². The molecule has 1 heterocycles. The van der Waals surface area contributed by atoms with Crippen LogP contribution in [0.2, 0.25) is 0 Å². The van der Waals surface area contributed by atoms with E-state index in [0.717, 1.165) is 21.6 Å². The van der Waals surface area contributed by atoms with E-state index >= 15 is 0 Å². The number of amides is 1. The average Bonchev–Trinajstić information content (AvgIpc) is 3.05. The molecule has 0 spiro atoms. The quantitative estimate of drug-likeness (QED) is 0.553. The first-order valence-electron chi connectivity index (χ1n) is 9.21. The van der Waals surface area contributed by atoms with E-state index < -0.39 is 0 Å². The Morgan fingerprint density at radius 1 is 1.15 bits per heavy atom. The van der Waals surface area contributed by atoms with Crippen molar-refractivity contribution < 1.29 is 9.90 Å². The Balaban J connectivity index is 2.12. The Kier molecular flexibility index (Phi) is 6.47. The molecular formula is C22H30N2O2S. The van der Waals surface area contributed by atoms with Crippen LogP contribution in [0.25, 0.3) is 0 Å². The molecule has 146 valence electrons. The van der Waals surface area contributed by atoms with Crippen LogP contribution < -0.4 is 5.43 Å². The number of carbonyl (C=O) groups is 1. The predicted octanol–water partition coefficient (Wildman–Crippen LogP) is 5.13. The molecule has 0 unspecified atom stereocenters. The Morgan fingerprint density at radius 3 is 2.22 bits per heavy atom. The molecule has 2 N–H and O–H groups in total. The van der Waals surface area contributed by atoms with Crippen molar-refractivity contribution >= 4 is 23.5 Å². The normalized spacial score (nSPS) is 12.5. The van der Waals surface area contributed by atoms with Crippen LogP contribution in [0.1, 0.15) is 69.5 Å². The molecule has 0 atom stereocenters. The largest absolute Gasteiger partial charge is 0.507 e. The van der Waals surface area contributed by atoms with Crippen LogP contribution in [-0.2, 0) is 22.0 Å². The fraction of sp³-hybridized carbons (Fsp3) is 0.455. The highest BCUT2D eigenvalue weighted by Crippen LogP contribution is 2.39. The van der Waals surface area contributed by atoms with Gasteiger partial charge < -0.3 is 5.11 Å². The number of thiophene rings is 1. The highest BCUT2D eigenvalue weighted by molar-refractivity contribution is 7.11. The van der Waals surface area contributed by atoms with Gasteiger partial charge in [-0.1, -0.05) is 59.7 Å². The van der Waals surface area contributed by atoms with E-state index in [4.69, 9.17) is 0 Å². The van der Waals surface area contributed by atoms with Gasteiger partial charge in [-0.05, 0) is 45.4 Å². The highest BCUT2D eigenvalue weighted by Gasteiger charge is 2.26. The van der Waals surface area contributed by atoms with Gasteiger partial charge in [0, 0.05) is 11.3 Å². The second kappa shape index (κ2) is 8.26. The Bertz CT molecular complexity index is 775. The van der Waals surface area contributed by atoms with E-state index in [2.05, 4.69) is 52.1 Å². The maximum Gasteiger partial charge on any atom is 0.240 e. The Morgan fingerprint density at radius 2 is 1.74 bits per heavy atom. The minimum Gasteiger partial charge on any atom is -0.507 e. The van der Waals surface area contributed by atoms with Crippen LogP contribution >= 0.6 is 11.3 Å². The van der Waals surface area contributed by atoms with Gasteiger partial charge >= 0.3 is 0 Å². The van der Waals surface area contributed by atoms with Crippen LogP contribution in [0, 0.1) is 0 Å². The first kappa shape index (κ1) is 21.2. The third-order valence-corrected chi connectivity index (χ3v) is 5.16. The van der Waals surface area contributed by atoms with E-state index in [9.17, 15) is 9.90 Å². The molecule has 0 fully saturated rings. The summed E-state index contributed by atoms with van der Waals surface area (Å²) in [5.74, 6) is 0.245. The van der Waals surface area contributed by atoms with Gasteiger partial charge in [0.2, 0.25) is 5.91 Å². The van der Waals surface area contributed by atoms with Gasteiger partial charge in [-0.25, -0.2) is 5.43 Å². The Hall–Kier alpha value is -2.14. The van der Waals surface area contributed by atoms with Gasteiger partial charge in [0.05, 0.1) is 6.21 Å². The molecule has 27 heavy (non-hydrogen) atoms. The summed E-state index contributed by atoms with van der Waals surface area (Å²) in [4.78, 5) is 13.1. The summed E-state index contributed by atoms with van der Waals surface area (Å²) in [6.45, 7) is 12.5. The second-order valence-corrected chi connectivity index (χ2v) is 9.83. The number of benzene rings is 1. The van der Waals surface area contributed by atoms with Crippen LogP contribution in [-0.4, -0.2) is 17.2 Å². The van der Waals surface area contributed by atoms with Crippen molar-refractivity contribution in [2.45, 2.75) is 65.2 Å². The fourth-order valence-electron chi connectivity index (χ4n) is 2.83. The second-order valence-electron chi connectivity index (χ2n) is 8.85. The van der Waals surface area contributed by atoms with Gasteiger partial charge in [0.25, 0.3) is 0 Å². The lowest BCUT2D eigenvalue weighted by Gasteiger charge is -2.28. The topological polar surface area (TPSA) is 61.7 Å². The molecule has 0 aliphatic heterocycles. The highest BCUT2D eigenvalue weighted by atomic mass is 32.1. The Labute approximate surface area is 166 Å². The maximum absolute atomic E-state index is 12.1. The van der Waals surface area contributed by atoms with Crippen molar-refractivity contribution in [3.8, 4) is 5.75 Å². The summed E-state index contributed by atoms with van der Waals surface area (Å²) in [6.07, 6.45) is 2.60. The standard InChI is InChI=1S/C22H30N2O2S/c1-21(2,3)17-12-15(13-18(20(17)26)22(4,5)6)9-10-19(25)24-23-14-16-8-7-11-27-16/h7-8,11-14,26H,9-10H2,1-6H3,(H,24,25)/b23-14-. The number of hydrogen-bond acceptors (Lipinski definition) is 4. The number of phenols is 1. The molecule has 0 radical (unpaired) electrons. The molecule has 0 saturated carbocycles. The van der Waals surface area contributed by atoms with Crippen molar-refractivity contribution in [3.05, 3.63) is 51.2 Å². The van der Waals surface area contributed by atoms with Crippen LogP contribution in [0.3, 0.4) is 0 Å². The van der Waals surface area contributed by atoms with E-state index in [1.54, 1.807) is 17.6 Å². The number of aromatic hydroxyl groups is 1. The number of nitrogens with one attached hydrogen (secondary N) is 1. The summed E-state index contributed by atoms with van der Waals surface area (Å²) in [5.41, 5.74) is 5.12. The van der Waals surface area contributed by atoms with Crippen molar-refractivity contribution in [2.24, 2.45) is 5.10 Å². The van der Waals surface area contributed by atoms with Gasteiger partial charge in [0.15, 0.2) is 0 Å². The maximum atomic E-state index is 12.1. The lowest BCUT2D eigenvalue weighted by Crippen LogP contribution is -2.20. The van der Waals surface area contributed by atoms with Gasteiger partial charge in [0.1, 0.15) is 5.75 Å². The summed E-state index contributed by atoms with van der Waals surface area (Å²) in [5, 5.41) is 16.7. The molecule has 0 bridgehead atoms. The molecule has 4 nitrogen and oxygen atoms in total. The smallest absolute Gasteiger partial charge is 0.240 e. The van der Waals surface area contributed by atoms with Gasteiger partial charge in [-0.15, -0.1) is 11.3 Å². The first-order chi connectivity index (χ1) is 12.5. The molecule has 1 amide bonds. The fourth-order valence-corrected chi connectivity index (χ4v) is 3.41. The minimum absolute atomic E-state index is 0.120. The molecule has 5 heteroatoms. The number of aryl methyl sites for hydroxylation is 1. The number of hydrazone groups is 1. The molecule has 1 aromatic carbocycles. The van der Waals surface area contributed by atoms with Crippen molar-refractivity contribution in [1.29, 1.82) is 0 Å². The monoisotopic (exact) mass is 386 g/mol. The molecule has 0 saturated heterocycles. The molecule has 1 aromatic heterocycles. The zero-order valence-electron chi connectivity index (χ0n) is 17.1. The SMILES string of the molecule is CC(C)(C)c1cc(CCC(=O)N/N=C\c2cccs2)cc(C(C)(C)C)c1O. The first-order valence-corrected chi connectivity index (χ1v) is 10.1. The molecule has 0 aliphatic rings. The summed E-state index contributed by atoms with van der Waals surface area (Å²) in [6, 6.07) is 7.93. The summed E-state index contributed by atoms with van der Waals surface area (Å²) < 4.78 is 0. The molecule has 0 aliphatic carbocycles. The molecule has 2 rings (SSSR count). The number of rotatable bonds is 5. The molecular weight excluding hydrogens is 356 g/mol. The van der Waals surface area contributed by atoms with E-state index in [0.29, 0.717) is 18.6 Å². The van der Waals surface area contributed by atoms with E-state index in [1.807, 2.05) is 29.6 Å².